The van der Waals surface area contributed by atoms with Crippen LogP contribution in [0.5, 0.6) is 17.2 Å². The Kier molecular flexibility index (Phi) is 8.01. The summed E-state index contributed by atoms with van der Waals surface area (Å²) in [6.45, 7) is 6.71. The first-order chi connectivity index (χ1) is 17.3. The normalized spacial score (nSPS) is 17.0. The Morgan fingerprint density at radius 2 is 1.94 bits per heavy atom. The maximum Gasteiger partial charge on any atom is 0.283 e. The molecule has 1 amide bonds. The van der Waals surface area contributed by atoms with Crippen LogP contribution in [0.2, 0.25) is 5.02 Å². The van der Waals surface area contributed by atoms with Gasteiger partial charge in [-0.3, -0.25) is 10.2 Å². The van der Waals surface area contributed by atoms with E-state index in [0.717, 1.165) is 12.2 Å². The minimum atomic E-state index is -0.506. The number of para-hydroxylation sites is 1. The molecule has 0 radical (unpaired) electrons. The first-order valence-corrected chi connectivity index (χ1v) is 12.7. The van der Waals surface area contributed by atoms with E-state index >= 15 is 0 Å². The predicted octanol–water partition coefficient (Wildman–Crippen LogP) is 5.96. The standard InChI is InChI=1S/C26H27ClN4O4S/c1-5-15(2)18-8-6-7-9-21(18)34-10-11-35-23-20(27)13-17(14-22(23)33-4)12-19-24(28)31-26(29-25(19)32)36-16(3)30-31/h6-9,12-15,28H,5,10-11H2,1-4H3/b19-12-,28-24?/t15-/m0/s1. The van der Waals surface area contributed by atoms with Crippen molar-refractivity contribution in [3.8, 4) is 17.2 Å². The summed E-state index contributed by atoms with van der Waals surface area (Å²) >= 11 is 7.77. The van der Waals surface area contributed by atoms with Crippen LogP contribution in [-0.2, 0) is 4.79 Å². The lowest BCUT2D eigenvalue weighted by molar-refractivity contribution is -0.114. The number of carbonyl (C=O) groups is 1. The van der Waals surface area contributed by atoms with Gasteiger partial charge in [-0.25, -0.2) is 0 Å². The predicted molar refractivity (Wildman–Crippen MR) is 145 cm³/mol. The summed E-state index contributed by atoms with van der Waals surface area (Å²) in [7, 11) is 1.51. The number of amidine groups is 2. The van der Waals surface area contributed by atoms with Gasteiger partial charge in [0.05, 0.1) is 22.7 Å². The quantitative estimate of drug-likeness (QED) is 0.320. The highest BCUT2D eigenvalue weighted by atomic mass is 35.5. The van der Waals surface area contributed by atoms with E-state index in [2.05, 4.69) is 30.0 Å². The van der Waals surface area contributed by atoms with E-state index in [1.165, 1.54) is 29.4 Å². The minimum Gasteiger partial charge on any atom is -0.493 e. The molecule has 0 aromatic heterocycles. The molecular formula is C26H27ClN4O4S. The number of halogens is 1. The third-order valence-corrected chi connectivity index (χ3v) is 6.87. The molecule has 188 valence electrons. The van der Waals surface area contributed by atoms with Crippen LogP contribution < -0.4 is 14.2 Å². The number of carbonyl (C=O) groups excluding carboxylic acids is 1. The average molecular weight is 527 g/mol. The van der Waals surface area contributed by atoms with Crippen LogP contribution in [-0.4, -0.2) is 47.3 Å². The Hall–Kier alpha value is -3.30. The maximum absolute atomic E-state index is 12.6. The number of hydrogen-bond acceptors (Lipinski definition) is 7. The highest BCUT2D eigenvalue weighted by Gasteiger charge is 2.34. The molecule has 2 aliphatic heterocycles. The van der Waals surface area contributed by atoms with Gasteiger partial charge < -0.3 is 14.2 Å². The zero-order valence-corrected chi connectivity index (χ0v) is 22.1. The van der Waals surface area contributed by atoms with Crippen molar-refractivity contribution in [3.05, 3.63) is 58.1 Å². The number of nitrogens with zero attached hydrogens (tertiary/aromatic N) is 3. The molecule has 4 rings (SSSR count). The molecule has 0 bridgehead atoms. The number of benzene rings is 2. The van der Waals surface area contributed by atoms with Crippen LogP contribution in [0, 0.1) is 5.41 Å². The summed E-state index contributed by atoms with van der Waals surface area (Å²) in [6.07, 6.45) is 2.57. The molecular weight excluding hydrogens is 500 g/mol. The van der Waals surface area contributed by atoms with E-state index in [0.29, 0.717) is 44.8 Å². The number of amides is 1. The Morgan fingerprint density at radius 3 is 2.69 bits per heavy atom. The lowest BCUT2D eigenvalue weighted by atomic mass is 9.98. The van der Waals surface area contributed by atoms with E-state index in [9.17, 15) is 4.79 Å². The Labute approximate surface area is 219 Å². The first kappa shape index (κ1) is 25.8. The van der Waals surface area contributed by atoms with Gasteiger partial charge in [-0.2, -0.15) is 15.1 Å². The van der Waals surface area contributed by atoms with Crippen LogP contribution in [0.15, 0.2) is 52.1 Å². The van der Waals surface area contributed by atoms with E-state index in [1.807, 2.05) is 18.2 Å². The molecule has 0 unspecified atom stereocenters. The molecule has 36 heavy (non-hydrogen) atoms. The highest BCUT2D eigenvalue weighted by Crippen LogP contribution is 2.38. The molecule has 2 aliphatic rings. The maximum atomic E-state index is 12.6. The van der Waals surface area contributed by atoms with E-state index in [4.69, 9.17) is 31.2 Å². The second-order valence-electron chi connectivity index (χ2n) is 8.22. The zero-order valence-electron chi connectivity index (χ0n) is 20.5. The van der Waals surface area contributed by atoms with Crippen LogP contribution in [0.1, 0.15) is 44.2 Å². The molecule has 0 spiro atoms. The van der Waals surface area contributed by atoms with E-state index in [-0.39, 0.29) is 18.0 Å². The van der Waals surface area contributed by atoms with Gasteiger partial charge >= 0.3 is 0 Å². The molecule has 1 N–H and O–H groups in total. The van der Waals surface area contributed by atoms with Crippen molar-refractivity contribution >= 4 is 51.4 Å². The molecule has 10 heteroatoms. The lowest BCUT2D eigenvalue weighted by Crippen LogP contribution is -2.35. The molecule has 0 saturated carbocycles. The SMILES string of the molecule is CC[C@H](C)c1ccccc1OCCOc1c(Cl)cc(/C=C2/C(=N)N3N=C(C)SC3=NC2=O)cc1OC. The number of hydrazone groups is 1. The van der Waals surface area contributed by atoms with Crippen molar-refractivity contribution in [1.29, 1.82) is 5.41 Å². The van der Waals surface area contributed by atoms with Gasteiger partial charge in [0.2, 0.25) is 5.17 Å². The molecule has 0 saturated heterocycles. The van der Waals surface area contributed by atoms with Crippen LogP contribution in [0.25, 0.3) is 6.08 Å². The zero-order chi connectivity index (χ0) is 25.8. The summed E-state index contributed by atoms with van der Waals surface area (Å²) in [6, 6.07) is 11.4. The van der Waals surface area contributed by atoms with Crippen molar-refractivity contribution in [3.63, 3.8) is 0 Å². The van der Waals surface area contributed by atoms with Gasteiger partial charge in [-0.1, -0.05) is 43.6 Å². The fourth-order valence-corrected chi connectivity index (χ4v) is 4.76. The highest BCUT2D eigenvalue weighted by molar-refractivity contribution is 8.26. The lowest BCUT2D eigenvalue weighted by Gasteiger charge is -2.20. The Bertz CT molecular complexity index is 1290. The van der Waals surface area contributed by atoms with Gasteiger partial charge in [0.15, 0.2) is 17.3 Å². The number of fused-ring (bicyclic) bond motifs is 1. The Morgan fingerprint density at radius 1 is 1.19 bits per heavy atom. The summed E-state index contributed by atoms with van der Waals surface area (Å²) in [5, 5.41) is 15.4. The van der Waals surface area contributed by atoms with E-state index < -0.39 is 5.91 Å². The largest absolute Gasteiger partial charge is 0.493 e. The molecule has 2 aromatic rings. The Balaban J connectivity index is 1.47. The number of rotatable bonds is 9. The second-order valence-corrected chi connectivity index (χ2v) is 9.78. The summed E-state index contributed by atoms with van der Waals surface area (Å²) < 4.78 is 17.4. The monoisotopic (exact) mass is 526 g/mol. The second kappa shape index (κ2) is 11.2. The third-order valence-electron chi connectivity index (χ3n) is 5.77. The van der Waals surface area contributed by atoms with Crippen LogP contribution in [0.3, 0.4) is 0 Å². The fourth-order valence-electron chi connectivity index (χ4n) is 3.75. The van der Waals surface area contributed by atoms with Gasteiger partial charge in [0.25, 0.3) is 5.91 Å². The summed E-state index contributed by atoms with van der Waals surface area (Å²) in [5.74, 6) is 1.47. The number of ether oxygens (including phenoxy) is 3. The van der Waals surface area contributed by atoms with Crippen molar-refractivity contribution in [2.45, 2.75) is 33.1 Å². The first-order valence-electron chi connectivity index (χ1n) is 11.5. The van der Waals surface area contributed by atoms with Gasteiger partial charge in [0, 0.05) is 0 Å². The molecule has 8 nitrogen and oxygen atoms in total. The average Bonchev–Trinajstić information content (AvgIpc) is 3.24. The number of hydrogen-bond donors (Lipinski definition) is 1. The van der Waals surface area contributed by atoms with Crippen molar-refractivity contribution in [2.75, 3.05) is 20.3 Å². The molecule has 0 aliphatic carbocycles. The summed E-state index contributed by atoms with van der Waals surface area (Å²) in [5.41, 5.74) is 1.85. The number of aliphatic imine (C=N–C) groups is 1. The topological polar surface area (TPSA) is 96.6 Å². The molecule has 2 heterocycles. The fraction of sp³-hybridized carbons (Fsp3) is 0.308. The molecule has 2 aromatic carbocycles. The minimum absolute atomic E-state index is 0.0420. The smallest absolute Gasteiger partial charge is 0.283 e. The summed E-state index contributed by atoms with van der Waals surface area (Å²) in [4.78, 5) is 16.6. The van der Waals surface area contributed by atoms with Crippen LogP contribution in [0.4, 0.5) is 0 Å². The van der Waals surface area contributed by atoms with Crippen molar-refractivity contribution in [2.24, 2.45) is 10.1 Å². The molecule has 1 atom stereocenters. The number of thioether (sulfide) groups is 1. The van der Waals surface area contributed by atoms with Crippen LogP contribution >= 0.6 is 23.4 Å². The third kappa shape index (κ3) is 5.42. The van der Waals surface area contributed by atoms with Crippen molar-refractivity contribution < 1.29 is 19.0 Å². The van der Waals surface area contributed by atoms with Crippen molar-refractivity contribution in [1.82, 2.24) is 5.01 Å². The number of methoxy groups -OCH3 is 1. The van der Waals surface area contributed by atoms with Gasteiger partial charge in [-0.15, -0.1) is 0 Å². The molecule has 0 fully saturated rings. The van der Waals surface area contributed by atoms with E-state index in [1.54, 1.807) is 25.1 Å². The van der Waals surface area contributed by atoms with Gasteiger partial charge in [-0.05, 0) is 66.4 Å². The van der Waals surface area contributed by atoms with Gasteiger partial charge in [0.1, 0.15) is 19.0 Å². The number of nitrogens with one attached hydrogen (secondary N) is 1.